The van der Waals surface area contributed by atoms with E-state index in [9.17, 15) is 14.4 Å². The fourth-order valence-electron chi connectivity index (χ4n) is 7.27. The summed E-state index contributed by atoms with van der Waals surface area (Å²) in [7, 11) is 0. The topological polar surface area (TPSA) is 98.0 Å². The van der Waals surface area contributed by atoms with Crippen LogP contribution in [0.25, 0.3) is 16.8 Å². The molecule has 4 aromatic carbocycles. The lowest BCUT2D eigenvalue weighted by Gasteiger charge is -2.31. The van der Waals surface area contributed by atoms with Crippen LogP contribution in [0.4, 0.5) is 5.69 Å². The largest absolute Gasteiger partial charge is 0.271 e. The molecule has 4 aromatic rings. The third kappa shape index (κ3) is 5.49. The zero-order valence-electron chi connectivity index (χ0n) is 25.6. The number of amides is 3. The van der Waals surface area contributed by atoms with E-state index in [1.807, 2.05) is 48.5 Å². The van der Waals surface area contributed by atoms with Gasteiger partial charge in [0.05, 0.1) is 17.4 Å². The van der Waals surface area contributed by atoms with Gasteiger partial charge in [-0.2, -0.15) is 10.2 Å². The van der Waals surface area contributed by atoms with Gasteiger partial charge in [0.25, 0.3) is 17.7 Å². The predicted octanol–water partition coefficient (Wildman–Crippen LogP) is 8.57. The van der Waals surface area contributed by atoms with Gasteiger partial charge in [0.15, 0.2) is 12.1 Å². The molecule has 246 valence electrons. The number of hydrazone groups is 1. The van der Waals surface area contributed by atoms with Crippen LogP contribution in [-0.2, 0) is 14.4 Å². The molecule has 3 amide bonds. The fraction of sp³-hybridized carbons (Fsp3) is 0.222. The van der Waals surface area contributed by atoms with Crippen LogP contribution in [0.3, 0.4) is 0 Å². The minimum atomic E-state index is -1.06. The highest BCUT2D eigenvalue weighted by atomic mass is 35.5. The second kappa shape index (κ2) is 12.6. The molecule has 8 rings (SSSR count). The van der Waals surface area contributed by atoms with Crippen molar-refractivity contribution >= 4 is 92.4 Å². The van der Waals surface area contributed by atoms with Gasteiger partial charge in [0, 0.05) is 31.4 Å². The van der Waals surface area contributed by atoms with E-state index >= 15 is 0 Å². The van der Waals surface area contributed by atoms with Crippen LogP contribution >= 0.6 is 46.4 Å². The Morgan fingerprint density at radius 1 is 0.857 bits per heavy atom. The van der Waals surface area contributed by atoms with E-state index in [2.05, 4.69) is 10.3 Å². The maximum atomic E-state index is 14.3. The van der Waals surface area contributed by atoms with Crippen molar-refractivity contribution in [3.05, 3.63) is 116 Å². The monoisotopic (exact) mass is 730 g/mol. The third-order valence-corrected chi connectivity index (χ3v) is 10.6. The number of allylic oxidation sites excluding steroid dienone is 1. The molecule has 0 N–H and O–H groups in total. The molecule has 9 nitrogen and oxygen atoms in total. The number of anilines is 1. The normalized spacial score (nSPS) is 23.9. The number of imide groups is 1. The Kier molecular flexibility index (Phi) is 8.19. The Morgan fingerprint density at radius 3 is 2.41 bits per heavy atom. The minimum absolute atomic E-state index is 0.168. The fourth-order valence-corrected chi connectivity index (χ4v) is 8.25. The SMILES string of the molecule is O=C1[C@H]2N=NN(CC(=O)N3N=C4/C(=C/c5ccc(Cl)cc5Cl)CCC[C@H]4[C@H]3c3ccc(Cl)cc3Cl)[C@H]2C(=O)N1c1cccc2ccccc12. The molecule has 0 unspecified atom stereocenters. The molecular weight excluding hydrogens is 706 g/mol. The number of fused-ring (bicyclic) bond motifs is 3. The summed E-state index contributed by atoms with van der Waals surface area (Å²) in [5, 5.41) is 19.5. The van der Waals surface area contributed by atoms with E-state index in [-0.39, 0.29) is 12.5 Å². The Hall–Kier alpha value is -4.28. The van der Waals surface area contributed by atoms with Crippen molar-refractivity contribution in [3.63, 3.8) is 0 Å². The Morgan fingerprint density at radius 2 is 1.61 bits per heavy atom. The smallest absolute Gasteiger partial charge is 0.264 e. The molecular formula is C36H26Cl4N6O3. The summed E-state index contributed by atoms with van der Waals surface area (Å²) in [6.07, 6.45) is 4.35. The van der Waals surface area contributed by atoms with E-state index in [1.54, 1.807) is 36.4 Å². The number of carbonyl (C=O) groups excluding carboxylic acids is 3. The van der Waals surface area contributed by atoms with E-state index in [4.69, 9.17) is 51.5 Å². The van der Waals surface area contributed by atoms with Gasteiger partial charge < -0.3 is 0 Å². The molecule has 4 aliphatic rings. The molecule has 13 heteroatoms. The van der Waals surface area contributed by atoms with Crippen molar-refractivity contribution in [2.75, 3.05) is 11.4 Å². The van der Waals surface area contributed by atoms with Crippen LogP contribution in [-0.4, -0.2) is 52.1 Å². The Bertz CT molecular complexity index is 2160. The van der Waals surface area contributed by atoms with Gasteiger partial charge in [-0.3, -0.25) is 19.4 Å². The summed E-state index contributed by atoms with van der Waals surface area (Å²) in [5.41, 5.74) is 3.67. The zero-order valence-corrected chi connectivity index (χ0v) is 28.7. The second-order valence-corrected chi connectivity index (χ2v) is 14.1. The highest BCUT2D eigenvalue weighted by Gasteiger charge is 2.56. The summed E-state index contributed by atoms with van der Waals surface area (Å²) in [5.74, 6) is -1.57. The van der Waals surface area contributed by atoms with Crippen LogP contribution in [0.2, 0.25) is 20.1 Å². The molecule has 4 atom stereocenters. The van der Waals surface area contributed by atoms with Gasteiger partial charge in [0.2, 0.25) is 0 Å². The number of hydrogen-bond donors (Lipinski definition) is 0. The summed E-state index contributed by atoms with van der Waals surface area (Å²) >= 11 is 25.7. The van der Waals surface area contributed by atoms with Crippen molar-refractivity contribution in [2.24, 2.45) is 21.4 Å². The number of rotatable bonds is 5. The van der Waals surface area contributed by atoms with Gasteiger partial charge in [-0.1, -0.05) is 100 Å². The molecule has 0 bridgehead atoms. The highest BCUT2D eigenvalue weighted by molar-refractivity contribution is 6.36. The zero-order chi connectivity index (χ0) is 34.0. The molecule has 2 fully saturated rings. The molecule has 49 heavy (non-hydrogen) atoms. The van der Waals surface area contributed by atoms with Crippen LogP contribution in [0, 0.1) is 5.92 Å². The highest BCUT2D eigenvalue weighted by Crippen LogP contribution is 2.47. The van der Waals surface area contributed by atoms with Crippen molar-refractivity contribution < 1.29 is 14.4 Å². The summed E-state index contributed by atoms with van der Waals surface area (Å²) < 4.78 is 0. The van der Waals surface area contributed by atoms with Crippen LogP contribution in [0.15, 0.2) is 99.9 Å². The minimum Gasteiger partial charge on any atom is -0.271 e. The molecule has 0 radical (unpaired) electrons. The lowest BCUT2D eigenvalue weighted by molar-refractivity contribution is -0.136. The quantitative estimate of drug-likeness (QED) is 0.192. The first-order valence-corrected chi connectivity index (χ1v) is 17.3. The van der Waals surface area contributed by atoms with E-state index in [0.717, 1.165) is 51.8 Å². The van der Waals surface area contributed by atoms with Gasteiger partial charge in [-0.25, -0.2) is 9.91 Å². The van der Waals surface area contributed by atoms with Gasteiger partial charge >= 0.3 is 0 Å². The number of hydrogen-bond acceptors (Lipinski definition) is 7. The predicted molar refractivity (Wildman–Crippen MR) is 191 cm³/mol. The second-order valence-electron chi connectivity index (χ2n) is 12.4. The Labute approximate surface area is 301 Å². The van der Waals surface area contributed by atoms with Gasteiger partial charge in [0.1, 0.15) is 6.54 Å². The first-order valence-electron chi connectivity index (χ1n) is 15.7. The third-order valence-electron chi connectivity index (χ3n) is 9.49. The molecule has 0 spiro atoms. The molecule has 0 aromatic heterocycles. The lowest BCUT2D eigenvalue weighted by Crippen LogP contribution is -2.45. The van der Waals surface area contributed by atoms with Crippen molar-refractivity contribution in [1.82, 2.24) is 10.0 Å². The van der Waals surface area contributed by atoms with E-state index in [0.29, 0.717) is 31.3 Å². The number of nitrogens with zero attached hydrogens (tertiary/aromatic N) is 6. The average Bonchev–Trinajstić information content (AvgIpc) is 3.75. The maximum absolute atomic E-state index is 14.3. The van der Waals surface area contributed by atoms with E-state index < -0.39 is 35.8 Å². The van der Waals surface area contributed by atoms with Crippen molar-refractivity contribution in [2.45, 2.75) is 37.4 Å². The van der Waals surface area contributed by atoms with Gasteiger partial charge in [-0.05, 0) is 77.8 Å². The summed E-state index contributed by atoms with van der Waals surface area (Å²) in [4.78, 5) is 43.0. The van der Waals surface area contributed by atoms with E-state index in [1.165, 1.54) is 10.0 Å². The standard InChI is InChI=1S/C36H26Cl4N6O3/c37-22-12-11-20(27(39)16-22)15-21-7-3-9-26-31(21)42-46(33(26)25-14-13-23(38)17-28(25)40)30(47)18-44-34-32(41-43-44)35(48)45(36(34)49)29-10-4-6-19-5-1-2-8-24(19)29/h1-2,4-6,8,10-17,26,32-34H,3,7,9,18H2/b21-15+/t26-,32+,33-,34-/m1/s1. The molecule has 3 aliphatic heterocycles. The molecule has 1 saturated carbocycles. The van der Waals surface area contributed by atoms with Crippen LogP contribution in [0.1, 0.15) is 36.4 Å². The lowest BCUT2D eigenvalue weighted by atomic mass is 9.77. The molecule has 3 heterocycles. The number of benzene rings is 4. The van der Waals surface area contributed by atoms with Crippen molar-refractivity contribution in [3.8, 4) is 0 Å². The number of carbonyl (C=O) groups is 3. The average molecular weight is 732 g/mol. The van der Waals surface area contributed by atoms with Crippen LogP contribution < -0.4 is 4.90 Å². The number of halogens is 4. The first kappa shape index (κ1) is 32.0. The summed E-state index contributed by atoms with van der Waals surface area (Å²) in [6.45, 7) is -0.333. The van der Waals surface area contributed by atoms with Crippen molar-refractivity contribution in [1.29, 1.82) is 0 Å². The van der Waals surface area contributed by atoms with Crippen LogP contribution in [0.5, 0.6) is 0 Å². The first-order chi connectivity index (χ1) is 23.7. The maximum Gasteiger partial charge on any atom is 0.264 e. The summed E-state index contributed by atoms with van der Waals surface area (Å²) in [6, 6.07) is 20.8. The molecule has 1 aliphatic carbocycles. The molecule has 1 saturated heterocycles. The van der Waals surface area contributed by atoms with Gasteiger partial charge in [-0.15, -0.1) is 0 Å². The Balaban J connectivity index is 1.12.